The van der Waals surface area contributed by atoms with Crippen LogP contribution in [0.25, 0.3) is 0 Å². The van der Waals surface area contributed by atoms with Crippen molar-refractivity contribution in [1.29, 1.82) is 0 Å². The Morgan fingerprint density at radius 1 is 0.607 bits per heavy atom. The number of para-hydroxylation sites is 1. The molecule has 0 aliphatic heterocycles. The molecule has 1 rings (SSSR count). The van der Waals surface area contributed by atoms with E-state index >= 15 is 0 Å². The van der Waals surface area contributed by atoms with Crippen molar-refractivity contribution in [3.05, 3.63) is 30.3 Å². The van der Waals surface area contributed by atoms with Gasteiger partial charge in [0.05, 0.1) is 34.3 Å². The first-order valence-electron chi connectivity index (χ1n) is 25.7. The Balaban J connectivity index is 2.53. The summed E-state index contributed by atoms with van der Waals surface area (Å²) >= 11 is 0. The van der Waals surface area contributed by atoms with Gasteiger partial charge in [0.15, 0.2) is 0 Å². The Hall–Kier alpha value is -1.48. The van der Waals surface area contributed by atoms with E-state index in [2.05, 4.69) is 19.2 Å². The van der Waals surface area contributed by atoms with E-state index in [1.807, 2.05) is 51.5 Å². The van der Waals surface area contributed by atoms with Crippen molar-refractivity contribution in [2.45, 2.75) is 225 Å². The smallest absolute Gasteiger partial charge is 0.321 e. The van der Waals surface area contributed by atoms with Crippen LogP contribution in [-0.2, 0) is 18.3 Å². The predicted molar refractivity (Wildman–Crippen MR) is 258 cm³/mol. The molecule has 0 aliphatic carbocycles. The molecule has 9 nitrogen and oxygen atoms in total. The topological polar surface area (TPSA) is 100 Å². The molecule has 0 saturated heterocycles. The zero-order chi connectivity index (χ0) is 44.5. The van der Waals surface area contributed by atoms with Crippen molar-refractivity contribution in [3.8, 4) is 0 Å². The lowest BCUT2D eigenvalue weighted by atomic mass is 10.0. The summed E-state index contributed by atoms with van der Waals surface area (Å²) < 4.78 is 30.7. The highest BCUT2D eigenvalue weighted by molar-refractivity contribution is 7.45. The molecule has 0 aromatic heterocycles. The summed E-state index contributed by atoms with van der Waals surface area (Å²) in [7, 11) is 1.31. The third-order valence-electron chi connectivity index (χ3n) is 11.8. The lowest BCUT2D eigenvalue weighted by molar-refractivity contribution is -0.870. The first-order chi connectivity index (χ1) is 29.6. The van der Waals surface area contributed by atoms with E-state index in [9.17, 15) is 14.3 Å². The molecule has 10 heteroatoms. The van der Waals surface area contributed by atoms with Gasteiger partial charge in [0, 0.05) is 18.8 Å². The number of rotatable bonds is 45. The van der Waals surface area contributed by atoms with Gasteiger partial charge in [-0.25, -0.2) is 4.79 Å². The fourth-order valence-electron chi connectivity index (χ4n) is 7.82. The van der Waals surface area contributed by atoms with Crippen LogP contribution in [0.5, 0.6) is 0 Å². The molecule has 0 fully saturated rings. The number of nitrogens with one attached hydrogen (secondary N) is 1. The number of anilines is 1. The number of amides is 2. The minimum atomic E-state index is -4.64. The van der Waals surface area contributed by atoms with Gasteiger partial charge in [0.1, 0.15) is 19.3 Å². The second-order valence-electron chi connectivity index (χ2n) is 18.9. The molecular weight excluding hydrogens is 782 g/mol. The van der Waals surface area contributed by atoms with E-state index in [1.54, 1.807) is 4.90 Å². The molecule has 358 valence electrons. The second-order valence-corrected chi connectivity index (χ2v) is 20.3. The number of ether oxygens (including phenoxy) is 1. The summed E-state index contributed by atoms with van der Waals surface area (Å²) in [4.78, 5) is 28.4. The zero-order valence-electron chi connectivity index (χ0n) is 40.6. The van der Waals surface area contributed by atoms with Crippen LogP contribution >= 0.6 is 7.82 Å². The minimum absolute atomic E-state index is 0.0222. The molecule has 2 unspecified atom stereocenters. The Bertz CT molecular complexity index is 1150. The normalized spacial score (nSPS) is 13.3. The number of hydrogen-bond acceptors (Lipinski definition) is 6. The number of benzene rings is 1. The predicted octanol–water partition coefficient (Wildman–Crippen LogP) is 14.6. The van der Waals surface area contributed by atoms with Crippen LogP contribution in [0.4, 0.5) is 10.5 Å². The molecule has 2 amide bonds. The lowest BCUT2D eigenvalue weighted by Crippen LogP contribution is -2.43. The Kier molecular flexibility index (Phi) is 37.8. The summed E-state index contributed by atoms with van der Waals surface area (Å²) in [5.41, 5.74) is 0.694. The number of likely N-dealkylation sites (N-methyl/N-ethyl adjacent to an activating group) is 1. The molecule has 0 heterocycles. The fourth-order valence-corrected chi connectivity index (χ4v) is 8.68. The van der Waals surface area contributed by atoms with Gasteiger partial charge in [0.25, 0.3) is 7.82 Å². The highest BCUT2D eigenvalue weighted by Crippen LogP contribution is 2.40. The maximum Gasteiger partial charge on any atom is 0.321 e. The standard InChI is InChI=1S/C51H98N3O6P/c1-6-8-10-12-14-16-18-20-22-23-24-25-27-29-31-33-35-40-45-58-48-50(60-61(56,57)59-46-44-54(3,4)5)47-53(51(55)52-49-41-37-36-38-42-49)43-39-34-32-30-28-26-21-19-17-15-13-11-9-7-2/h36-38,41-42,50H,6-35,39-40,43-48H2,1-5H3,(H-,52,55,56,57). The van der Waals surface area contributed by atoms with Gasteiger partial charge < -0.3 is 33.4 Å². The van der Waals surface area contributed by atoms with Crippen molar-refractivity contribution in [1.82, 2.24) is 4.90 Å². The fraction of sp³-hybridized carbons (Fsp3) is 0.863. The van der Waals surface area contributed by atoms with Crippen molar-refractivity contribution >= 4 is 19.5 Å². The van der Waals surface area contributed by atoms with E-state index in [4.69, 9.17) is 13.8 Å². The van der Waals surface area contributed by atoms with E-state index in [-0.39, 0.29) is 25.8 Å². The number of quaternary nitrogens is 1. The van der Waals surface area contributed by atoms with Crippen molar-refractivity contribution in [2.75, 3.05) is 65.9 Å². The Morgan fingerprint density at radius 3 is 1.41 bits per heavy atom. The van der Waals surface area contributed by atoms with Crippen molar-refractivity contribution in [2.24, 2.45) is 0 Å². The molecule has 1 aromatic rings. The van der Waals surface area contributed by atoms with Crippen molar-refractivity contribution in [3.63, 3.8) is 0 Å². The van der Waals surface area contributed by atoms with E-state index in [0.717, 1.165) is 32.1 Å². The third-order valence-corrected chi connectivity index (χ3v) is 12.8. The van der Waals surface area contributed by atoms with Crippen LogP contribution in [-0.4, -0.2) is 82.1 Å². The molecule has 0 saturated carbocycles. The number of carbonyl (C=O) groups is 1. The van der Waals surface area contributed by atoms with Crippen LogP contribution in [0.1, 0.15) is 219 Å². The van der Waals surface area contributed by atoms with E-state index in [0.29, 0.717) is 29.9 Å². The molecule has 1 aromatic carbocycles. The number of carbonyl (C=O) groups excluding carboxylic acids is 1. The number of phosphoric acid groups is 1. The third kappa shape index (κ3) is 38.7. The van der Waals surface area contributed by atoms with Gasteiger partial charge in [-0.3, -0.25) is 4.57 Å². The van der Waals surface area contributed by atoms with Gasteiger partial charge in [-0.1, -0.05) is 225 Å². The number of hydrogen-bond donors (Lipinski definition) is 1. The highest BCUT2D eigenvalue weighted by Gasteiger charge is 2.25. The van der Waals surface area contributed by atoms with E-state index in [1.165, 1.54) is 173 Å². The van der Waals surface area contributed by atoms with Crippen molar-refractivity contribution < 1.29 is 32.5 Å². The quantitative estimate of drug-likeness (QED) is 0.0398. The molecule has 0 radical (unpaired) electrons. The van der Waals surface area contributed by atoms with Gasteiger partial charge >= 0.3 is 6.03 Å². The van der Waals surface area contributed by atoms with Crippen LogP contribution in [0, 0.1) is 0 Å². The molecule has 1 N–H and O–H groups in total. The zero-order valence-corrected chi connectivity index (χ0v) is 41.5. The van der Waals surface area contributed by atoms with Crippen LogP contribution in [0.3, 0.4) is 0 Å². The molecule has 0 spiro atoms. The Morgan fingerprint density at radius 2 is 1.00 bits per heavy atom. The van der Waals surface area contributed by atoms with Gasteiger partial charge in [0.2, 0.25) is 0 Å². The maximum absolute atomic E-state index is 13.7. The molecule has 0 aliphatic rings. The summed E-state index contributed by atoms with van der Waals surface area (Å²) in [6.45, 7) is 6.27. The highest BCUT2D eigenvalue weighted by atomic mass is 31.2. The molecule has 0 bridgehead atoms. The molecule has 61 heavy (non-hydrogen) atoms. The lowest BCUT2D eigenvalue weighted by Gasteiger charge is -2.33. The summed E-state index contributed by atoms with van der Waals surface area (Å²) in [6, 6.07) is 9.11. The largest absolute Gasteiger partial charge is 0.756 e. The second kappa shape index (κ2) is 40.1. The molecule has 2 atom stereocenters. The minimum Gasteiger partial charge on any atom is -0.756 e. The van der Waals surface area contributed by atoms with Gasteiger partial charge in [-0.05, 0) is 25.0 Å². The number of urea groups is 1. The number of phosphoric ester groups is 1. The average molecular weight is 880 g/mol. The molecular formula is C51H98N3O6P. The average Bonchev–Trinajstić information content (AvgIpc) is 3.22. The van der Waals surface area contributed by atoms with Crippen LogP contribution in [0.2, 0.25) is 0 Å². The number of unbranched alkanes of at least 4 members (excludes halogenated alkanes) is 30. The van der Waals surface area contributed by atoms with Crippen LogP contribution in [0.15, 0.2) is 30.3 Å². The Labute approximate surface area is 377 Å². The van der Waals surface area contributed by atoms with Crippen LogP contribution < -0.4 is 10.2 Å². The van der Waals surface area contributed by atoms with Gasteiger partial charge in [-0.2, -0.15) is 0 Å². The first kappa shape index (κ1) is 57.5. The maximum atomic E-state index is 13.7. The van der Waals surface area contributed by atoms with Gasteiger partial charge in [-0.15, -0.1) is 0 Å². The SMILES string of the molecule is CCCCCCCCCCCCCCCCCCCCOCC(CN(CCCCCCCCCCCCCCCC)C(=O)Nc1ccccc1)OP(=O)([O-])OCC[N+](C)(C)C. The monoisotopic (exact) mass is 880 g/mol. The summed E-state index contributed by atoms with van der Waals surface area (Å²) in [6.07, 6.45) is 40.5. The summed E-state index contributed by atoms with van der Waals surface area (Å²) in [5.74, 6) is 0. The summed E-state index contributed by atoms with van der Waals surface area (Å²) in [5, 5.41) is 3.00. The van der Waals surface area contributed by atoms with E-state index < -0.39 is 13.9 Å². The first-order valence-corrected chi connectivity index (χ1v) is 27.2. The number of nitrogens with zero attached hydrogens (tertiary/aromatic N) is 2.